The molecule has 0 unspecified atom stereocenters. The molecule has 0 saturated heterocycles. The van der Waals surface area contributed by atoms with Crippen LogP contribution in [0.5, 0.6) is 17.2 Å². The first kappa shape index (κ1) is 16.8. The Bertz CT molecular complexity index is 821. The Kier molecular flexibility index (Phi) is 5.06. The smallest absolute Gasteiger partial charge is 0.203 e. The van der Waals surface area contributed by atoms with Crippen LogP contribution in [0.4, 0.5) is 0 Å². The first-order valence-electron chi connectivity index (χ1n) is 7.19. The predicted molar refractivity (Wildman–Crippen MR) is 100 cm³/mol. The van der Waals surface area contributed by atoms with Gasteiger partial charge in [0.25, 0.3) is 0 Å². The average Bonchev–Trinajstić information content (AvgIpc) is 3.11. The molecule has 124 valence electrons. The van der Waals surface area contributed by atoms with Crippen molar-refractivity contribution >= 4 is 27.5 Å². The van der Waals surface area contributed by atoms with E-state index in [4.69, 9.17) is 14.2 Å². The fourth-order valence-electron chi connectivity index (χ4n) is 2.39. The molecule has 4 nitrogen and oxygen atoms in total. The fourth-order valence-corrected chi connectivity index (χ4v) is 3.42. The van der Waals surface area contributed by atoms with E-state index >= 15 is 0 Å². The molecule has 0 atom stereocenters. The van der Waals surface area contributed by atoms with Crippen LogP contribution in [0.15, 0.2) is 46.9 Å². The molecule has 0 aliphatic heterocycles. The molecular formula is C18H16BrNO3S. The summed E-state index contributed by atoms with van der Waals surface area (Å²) in [7, 11) is 4.80. The third kappa shape index (κ3) is 3.25. The van der Waals surface area contributed by atoms with Crippen LogP contribution in [0.25, 0.3) is 21.7 Å². The second kappa shape index (κ2) is 7.23. The van der Waals surface area contributed by atoms with E-state index in [1.807, 2.05) is 24.3 Å². The highest BCUT2D eigenvalue weighted by Gasteiger charge is 2.16. The molecule has 0 fully saturated rings. The van der Waals surface area contributed by atoms with Gasteiger partial charge in [-0.15, -0.1) is 0 Å². The summed E-state index contributed by atoms with van der Waals surface area (Å²) in [6.45, 7) is 0. The number of methoxy groups -OCH3 is 3. The minimum Gasteiger partial charge on any atom is -0.493 e. The summed E-state index contributed by atoms with van der Waals surface area (Å²) in [5, 5.41) is 0. The third-order valence-electron chi connectivity index (χ3n) is 3.60. The van der Waals surface area contributed by atoms with E-state index in [1.165, 1.54) is 11.5 Å². The van der Waals surface area contributed by atoms with E-state index in [0.29, 0.717) is 17.2 Å². The van der Waals surface area contributed by atoms with Crippen LogP contribution in [0.2, 0.25) is 0 Å². The van der Waals surface area contributed by atoms with Crippen molar-refractivity contribution in [1.82, 2.24) is 4.37 Å². The molecule has 0 bridgehead atoms. The number of halogens is 1. The van der Waals surface area contributed by atoms with Crippen LogP contribution in [0.3, 0.4) is 0 Å². The van der Waals surface area contributed by atoms with Crippen LogP contribution in [0, 0.1) is 0 Å². The minimum atomic E-state index is 0.576. The van der Waals surface area contributed by atoms with Crippen LogP contribution in [-0.4, -0.2) is 25.7 Å². The lowest BCUT2D eigenvalue weighted by Crippen LogP contribution is -1.95. The van der Waals surface area contributed by atoms with Gasteiger partial charge in [0.1, 0.15) is 0 Å². The first-order valence-corrected chi connectivity index (χ1v) is 8.76. The number of ether oxygens (including phenoxy) is 3. The Hall–Kier alpha value is -2.05. The Morgan fingerprint density at radius 3 is 2.00 bits per heavy atom. The van der Waals surface area contributed by atoms with Crippen molar-refractivity contribution in [2.45, 2.75) is 0 Å². The monoisotopic (exact) mass is 405 g/mol. The predicted octanol–water partition coefficient (Wildman–Crippen LogP) is 5.27. The Labute approximate surface area is 153 Å². The molecule has 3 aromatic rings. The van der Waals surface area contributed by atoms with Gasteiger partial charge < -0.3 is 14.2 Å². The summed E-state index contributed by atoms with van der Waals surface area (Å²) < 4.78 is 21.8. The lowest BCUT2D eigenvalue weighted by Gasteiger charge is -2.13. The van der Waals surface area contributed by atoms with Gasteiger partial charge in [-0.2, -0.15) is 4.37 Å². The summed E-state index contributed by atoms with van der Waals surface area (Å²) in [5.41, 5.74) is 2.93. The van der Waals surface area contributed by atoms with E-state index in [9.17, 15) is 0 Å². The zero-order chi connectivity index (χ0) is 17.1. The van der Waals surface area contributed by atoms with E-state index in [-0.39, 0.29) is 0 Å². The summed E-state index contributed by atoms with van der Waals surface area (Å²) in [6.07, 6.45) is 0. The number of aromatic nitrogens is 1. The maximum Gasteiger partial charge on any atom is 0.203 e. The van der Waals surface area contributed by atoms with E-state index in [2.05, 4.69) is 38.5 Å². The average molecular weight is 406 g/mol. The lowest BCUT2D eigenvalue weighted by atomic mass is 10.1. The summed E-state index contributed by atoms with van der Waals surface area (Å²) >= 11 is 4.92. The van der Waals surface area contributed by atoms with Crippen molar-refractivity contribution in [3.63, 3.8) is 0 Å². The molecule has 0 saturated carbocycles. The van der Waals surface area contributed by atoms with Gasteiger partial charge in [-0.3, -0.25) is 0 Å². The minimum absolute atomic E-state index is 0.576. The zero-order valence-corrected chi connectivity index (χ0v) is 15.9. The number of hydrogen-bond acceptors (Lipinski definition) is 5. The van der Waals surface area contributed by atoms with Gasteiger partial charge >= 0.3 is 0 Å². The molecule has 3 rings (SSSR count). The Morgan fingerprint density at radius 1 is 0.833 bits per heavy atom. The van der Waals surface area contributed by atoms with E-state index < -0.39 is 0 Å². The van der Waals surface area contributed by atoms with Gasteiger partial charge in [-0.1, -0.05) is 28.1 Å². The molecule has 0 aliphatic carbocycles. The van der Waals surface area contributed by atoms with Gasteiger partial charge in [0.05, 0.1) is 31.9 Å². The standard InChI is InChI=1S/C18H16BrNO3S/c1-21-15-8-12(9-16(22-2)18(15)23-3)14-10-17(24-20-14)11-4-6-13(19)7-5-11/h4-10H,1-3H3. The maximum absolute atomic E-state index is 5.41. The molecule has 2 aromatic carbocycles. The molecule has 0 spiro atoms. The highest BCUT2D eigenvalue weighted by molar-refractivity contribution is 9.10. The number of nitrogens with zero attached hydrogens (tertiary/aromatic N) is 1. The normalized spacial score (nSPS) is 10.5. The molecule has 1 heterocycles. The largest absolute Gasteiger partial charge is 0.493 e. The SMILES string of the molecule is COc1cc(-c2cc(-c3ccc(Br)cc3)sn2)cc(OC)c1OC. The van der Waals surface area contributed by atoms with Gasteiger partial charge in [0.15, 0.2) is 11.5 Å². The van der Waals surface area contributed by atoms with Gasteiger partial charge in [-0.05, 0) is 47.4 Å². The van der Waals surface area contributed by atoms with Gasteiger partial charge in [-0.25, -0.2) is 0 Å². The number of rotatable bonds is 5. The molecule has 24 heavy (non-hydrogen) atoms. The van der Waals surface area contributed by atoms with E-state index in [0.717, 1.165) is 26.2 Å². The van der Waals surface area contributed by atoms with Crippen molar-refractivity contribution in [2.75, 3.05) is 21.3 Å². The second-order valence-corrected chi connectivity index (χ2v) is 6.72. The first-order chi connectivity index (χ1) is 11.7. The molecule has 0 amide bonds. The Balaban J connectivity index is 2.02. The van der Waals surface area contributed by atoms with Crippen molar-refractivity contribution in [3.05, 3.63) is 46.9 Å². The zero-order valence-electron chi connectivity index (χ0n) is 13.5. The lowest BCUT2D eigenvalue weighted by molar-refractivity contribution is 0.324. The maximum atomic E-state index is 5.41. The summed E-state index contributed by atoms with van der Waals surface area (Å²) in [5.74, 6) is 1.81. The van der Waals surface area contributed by atoms with Gasteiger partial charge in [0, 0.05) is 10.0 Å². The van der Waals surface area contributed by atoms with Gasteiger partial charge in [0.2, 0.25) is 5.75 Å². The topological polar surface area (TPSA) is 40.6 Å². The highest BCUT2D eigenvalue weighted by atomic mass is 79.9. The molecule has 0 aliphatic rings. The molecular weight excluding hydrogens is 390 g/mol. The van der Waals surface area contributed by atoms with E-state index in [1.54, 1.807) is 21.3 Å². The third-order valence-corrected chi connectivity index (χ3v) is 4.97. The fraction of sp³-hybridized carbons (Fsp3) is 0.167. The Morgan fingerprint density at radius 2 is 1.46 bits per heavy atom. The highest BCUT2D eigenvalue weighted by Crippen LogP contribution is 2.42. The summed E-state index contributed by atoms with van der Waals surface area (Å²) in [6, 6.07) is 14.0. The van der Waals surface area contributed by atoms with Crippen LogP contribution < -0.4 is 14.2 Å². The molecule has 0 radical (unpaired) electrons. The van der Waals surface area contributed by atoms with Crippen molar-refractivity contribution in [3.8, 4) is 38.9 Å². The van der Waals surface area contributed by atoms with Crippen LogP contribution in [0.1, 0.15) is 0 Å². The van der Waals surface area contributed by atoms with Crippen molar-refractivity contribution in [2.24, 2.45) is 0 Å². The van der Waals surface area contributed by atoms with Crippen molar-refractivity contribution < 1.29 is 14.2 Å². The number of benzene rings is 2. The van der Waals surface area contributed by atoms with Crippen molar-refractivity contribution in [1.29, 1.82) is 0 Å². The summed E-state index contributed by atoms with van der Waals surface area (Å²) in [4.78, 5) is 1.10. The van der Waals surface area contributed by atoms with Crippen LogP contribution in [-0.2, 0) is 0 Å². The van der Waals surface area contributed by atoms with Crippen LogP contribution >= 0.6 is 27.5 Å². The second-order valence-electron chi connectivity index (χ2n) is 5.00. The quantitative estimate of drug-likeness (QED) is 0.579. The number of hydrogen-bond donors (Lipinski definition) is 0. The molecule has 0 N–H and O–H groups in total. The molecule has 1 aromatic heterocycles. The molecule has 6 heteroatoms.